The van der Waals surface area contributed by atoms with E-state index in [2.05, 4.69) is 4.98 Å². The number of hydrogen-bond donors (Lipinski definition) is 0. The highest BCUT2D eigenvalue weighted by Gasteiger charge is 2.41. The van der Waals surface area contributed by atoms with Gasteiger partial charge in [-0.05, 0) is 25.0 Å². The molecule has 1 amide bonds. The normalized spacial score (nSPS) is 20.3. The predicted octanol–water partition coefficient (Wildman–Crippen LogP) is 1.89. The molecule has 2 heterocycles. The minimum atomic E-state index is -0.452. The van der Waals surface area contributed by atoms with Crippen molar-refractivity contribution < 1.29 is 14.3 Å². The molecule has 0 aliphatic carbocycles. The van der Waals surface area contributed by atoms with Crippen LogP contribution in [-0.2, 0) is 16.1 Å². The molecule has 1 saturated heterocycles. The summed E-state index contributed by atoms with van der Waals surface area (Å²) in [6, 6.07) is 7.91. The van der Waals surface area contributed by atoms with Gasteiger partial charge in [0.05, 0.1) is 12.9 Å². The lowest BCUT2D eigenvalue weighted by atomic mass is 10.0. The van der Waals surface area contributed by atoms with Crippen molar-refractivity contribution in [1.29, 1.82) is 0 Å². The molecule has 0 spiro atoms. The molecule has 6 heteroatoms. The van der Waals surface area contributed by atoms with Crippen molar-refractivity contribution in [2.45, 2.75) is 25.5 Å². The van der Waals surface area contributed by atoms with Gasteiger partial charge in [-0.2, -0.15) is 0 Å². The van der Waals surface area contributed by atoms with Crippen molar-refractivity contribution in [3.63, 3.8) is 0 Å². The number of ether oxygens (including phenoxy) is 2. The summed E-state index contributed by atoms with van der Waals surface area (Å²) in [6.45, 7) is 3.98. The molecule has 1 aliphatic rings. The monoisotopic (exact) mass is 329 g/mol. The summed E-state index contributed by atoms with van der Waals surface area (Å²) in [6.07, 6.45) is 5.88. The zero-order chi connectivity index (χ0) is 17.0. The van der Waals surface area contributed by atoms with Gasteiger partial charge in [-0.15, -0.1) is 0 Å². The SMILES string of the molecule is COC1(COc2ccccc2C)CCN(C(=O)Cn2ccnc2)C1. The second-order valence-corrected chi connectivity index (χ2v) is 6.24. The van der Waals surface area contributed by atoms with Crippen molar-refractivity contribution in [3.05, 3.63) is 48.5 Å². The number of para-hydroxylation sites is 1. The number of nitrogens with zero attached hydrogens (tertiary/aromatic N) is 3. The van der Waals surface area contributed by atoms with Gasteiger partial charge in [0.15, 0.2) is 0 Å². The number of aryl methyl sites for hydroxylation is 1. The Hall–Kier alpha value is -2.34. The Morgan fingerprint density at radius 2 is 2.21 bits per heavy atom. The molecule has 0 saturated carbocycles. The fraction of sp³-hybridized carbons (Fsp3) is 0.444. The second-order valence-electron chi connectivity index (χ2n) is 6.24. The van der Waals surface area contributed by atoms with Crippen molar-refractivity contribution in [2.24, 2.45) is 0 Å². The summed E-state index contributed by atoms with van der Waals surface area (Å²) < 4.78 is 13.5. The molecule has 1 atom stereocenters. The van der Waals surface area contributed by atoms with E-state index < -0.39 is 5.60 Å². The minimum absolute atomic E-state index is 0.0721. The zero-order valence-corrected chi connectivity index (χ0v) is 14.1. The van der Waals surface area contributed by atoms with Crippen LogP contribution in [0, 0.1) is 6.92 Å². The molecule has 0 N–H and O–H groups in total. The van der Waals surface area contributed by atoms with Crippen molar-refractivity contribution in [1.82, 2.24) is 14.5 Å². The number of carbonyl (C=O) groups is 1. The highest BCUT2D eigenvalue weighted by Crippen LogP contribution is 2.27. The Morgan fingerprint density at radius 3 is 2.92 bits per heavy atom. The van der Waals surface area contributed by atoms with Crippen LogP contribution in [0.1, 0.15) is 12.0 Å². The lowest BCUT2D eigenvalue weighted by Gasteiger charge is -2.28. The number of aromatic nitrogens is 2. The molecule has 6 nitrogen and oxygen atoms in total. The van der Waals surface area contributed by atoms with E-state index in [0.717, 1.165) is 17.7 Å². The fourth-order valence-corrected chi connectivity index (χ4v) is 2.96. The average molecular weight is 329 g/mol. The first kappa shape index (κ1) is 16.5. The van der Waals surface area contributed by atoms with Crippen LogP contribution in [-0.4, -0.2) is 52.8 Å². The van der Waals surface area contributed by atoms with Gasteiger partial charge < -0.3 is 18.9 Å². The zero-order valence-electron chi connectivity index (χ0n) is 14.1. The quantitative estimate of drug-likeness (QED) is 0.812. The van der Waals surface area contributed by atoms with Gasteiger partial charge in [-0.1, -0.05) is 18.2 Å². The van der Waals surface area contributed by atoms with Crippen molar-refractivity contribution >= 4 is 5.91 Å². The van der Waals surface area contributed by atoms with Gasteiger partial charge in [0, 0.05) is 26.0 Å². The Labute approximate surface area is 142 Å². The topological polar surface area (TPSA) is 56.6 Å². The first-order chi connectivity index (χ1) is 11.6. The summed E-state index contributed by atoms with van der Waals surface area (Å²) in [5, 5.41) is 0. The maximum absolute atomic E-state index is 12.4. The lowest BCUT2D eigenvalue weighted by molar-refractivity contribution is -0.132. The van der Waals surface area contributed by atoms with Crippen LogP contribution in [0.2, 0.25) is 0 Å². The number of likely N-dealkylation sites (tertiary alicyclic amines) is 1. The van der Waals surface area contributed by atoms with Gasteiger partial charge in [-0.3, -0.25) is 4.79 Å². The van der Waals surface area contributed by atoms with E-state index in [1.807, 2.05) is 36.1 Å². The van der Waals surface area contributed by atoms with E-state index >= 15 is 0 Å². The number of hydrogen-bond acceptors (Lipinski definition) is 4. The van der Waals surface area contributed by atoms with Crippen LogP contribution in [0.4, 0.5) is 0 Å². The molecule has 1 unspecified atom stereocenters. The second kappa shape index (κ2) is 7.05. The van der Waals surface area contributed by atoms with Crippen LogP contribution in [0.25, 0.3) is 0 Å². The number of methoxy groups -OCH3 is 1. The molecule has 2 aromatic rings. The Balaban J connectivity index is 1.60. The molecule has 1 aromatic heterocycles. The predicted molar refractivity (Wildman–Crippen MR) is 89.8 cm³/mol. The van der Waals surface area contributed by atoms with E-state index in [4.69, 9.17) is 9.47 Å². The van der Waals surface area contributed by atoms with E-state index in [1.165, 1.54) is 0 Å². The van der Waals surface area contributed by atoms with E-state index in [-0.39, 0.29) is 5.91 Å². The third-order valence-corrected chi connectivity index (χ3v) is 4.56. The number of benzene rings is 1. The van der Waals surface area contributed by atoms with Crippen LogP contribution in [0.5, 0.6) is 5.75 Å². The molecular weight excluding hydrogens is 306 g/mol. The maximum Gasteiger partial charge on any atom is 0.242 e. The third-order valence-electron chi connectivity index (χ3n) is 4.56. The Kier molecular flexibility index (Phi) is 4.85. The van der Waals surface area contributed by atoms with Gasteiger partial charge in [0.2, 0.25) is 5.91 Å². The summed E-state index contributed by atoms with van der Waals surface area (Å²) in [7, 11) is 1.69. The molecule has 1 aliphatic heterocycles. The largest absolute Gasteiger partial charge is 0.490 e. The van der Waals surface area contributed by atoms with Gasteiger partial charge in [0.1, 0.15) is 24.5 Å². The van der Waals surface area contributed by atoms with E-state index in [1.54, 1.807) is 30.4 Å². The highest BCUT2D eigenvalue weighted by molar-refractivity contribution is 5.76. The maximum atomic E-state index is 12.4. The standard InChI is InChI=1S/C18H23N3O3/c1-15-5-3-4-6-16(15)24-13-18(23-2)7-9-21(12-18)17(22)11-20-10-8-19-14-20/h3-6,8,10,14H,7,9,11-13H2,1-2H3. The molecule has 128 valence electrons. The number of carbonyl (C=O) groups excluding carboxylic acids is 1. The summed E-state index contributed by atoms with van der Waals surface area (Å²) in [4.78, 5) is 18.2. The van der Waals surface area contributed by atoms with Crippen molar-refractivity contribution in [3.8, 4) is 5.75 Å². The summed E-state index contributed by atoms with van der Waals surface area (Å²) >= 11 is 0. The Bertz CT molecular complexity index is 687. The number of amides is 1. The van der Waals surface area contributed by atoms with Crippen LogP contribution >= 0.6 is 0 Å². The summed E-state index contributed by atoms with van der Waals surface area (Å²) in [5.74, 6) is 0.930. The number of rotatable bonds is 6. The number of imidazole rings is 1. The summed E-state index contributed by atoms with van der Waals surface area (Å²) in [5.41, 5.74) is 0.641. The molecular formula is C18H23N3O3. The van der Waals surface area contributed by atoms with Crippen LogP contribution in [0.15, 0.2) is 43.0 Å². The molecule has 3 rings (SSSR count). The lowest BCUT2D eigenvalue weighted by Crippen LogP contribution is -2.43. The highest BCUT2D eigenvalue weighted by atomic mass is 16.5. The van der Waals surface area contributed by atoms with Crippen LogP contribution < -0.4 is 4.74 Å². The van der Waals surface area contributed by atoms with Crippen LogP contribution in [0.3, 0.4) is 0 Å². The fourth-order valence-electron chi connectivity index (χ4n) is 2.96. The molecule has 0 radical (unpaired) electrons. The average Bonchev–Trinajstić information content (AvgIpc) is 3.24. The van der Waals surface area contributed by atoms with Gasteiger partial charge in [-0.25, -0.2) is 4.98 Å². The van der Waals surface area contributed by atoms with E-state index in [0.29, 0.717) is 26.2 Å². The molecule has 24 heavy (non-hydrogen) atoms. The molecule has 1 fully saturated rings. The first-order valence-corrected chi connectivity index (χ1v) is 8.09. The van der Waals surface area contributed by atoms with Crippen molar-refractivity contribution in [2.75, 3.05) is 26.8 Å². The third kappa shape index (κ3) is 3.59. The first-order valence-electron chi connectivity index (χ1n) is 8.09. The smallest absolute Gasteiger partial charge is 0.242 e. The van der Waals surface area contributed by atoms with Gasteiger partial charge >= 0.3 is 0 Å². The Morgan fingerprint density at radius 1 is 1.38 bits per heavy atom. The van der Waals surface area contributed by atoms with Gasteiger partial charge in [0.25, 0.3) is 0 Å². The van der Waals surface area contributed by atoms with E-state index in [9.17, 15) is 4.79 Å². The minimum Gasteiger partial charge on any atom is -0.490 e. The molecule has 1 aromatic carbocycles. The molecule has 0 bridgehead atoms.